The van der Waals surface area contributed by atoms with E-state index in [0.29, 0.717) is 25.9 Å². The molecule has 12 heteroatoms. The van der Waals surface area contributed by atoms with Gasteiger partial charge >= 0.3 is 12.2 Å². The summed E-state index contributed by atoms with van der Waals surface area (Å²) in [5.41, 5.74) is 8.93. The predicted molar refractivity (Wildman–Crippen MR) is 204 cm³/mol. The van der Waals surface area contributed by atoms with E-state index in [9.17, 15) is 19.2 Å². The van der Waals surface area contributed by atoms with Crippen LogP contribution in [0.15, 0.2) is 97.1 Å². The Bertz CT molecular complexity index is 1730. The summed E-state index contributed by atoms with van der Waals surface area (Å²) >= 11 is 0. The van der Waals surface area contributed by atoms with Crippen molar-refractivity contribution in [1.29, 1.82) is 0 Å². The highest BCUT2D eigenvalue weighted by Crippen LogP contribution is 2.45. The Morgan fingerprint density at radius 1 is 0.558 bits per heavy atom. The van der Waals surface area contributed by atoms with E-state index in [4.69, 9.17) is 9.47 Å². The molecule has 1 heterocycles. The number of alkyl carbamates (subject to hydrolysis) is 2. The average molecular weight is 737 g/mol. The topological polar surface area (TPSA) is 135 Å². The van der Waals surface area contributed by atoms with Crippen LogP contribution in [0.1, 0.15) is 46.9 Å². The second kappa shape index (κ2) is 16.6. The molecule has 2 aliphatic carbocycles. The average Bonchev–Trinajstić information content (AvgIpc) is 3.67. The largest absolute Gasteiger partial charge is 0.449 e. The first-order chi connectivity index (χ1) is 25.5. The number of carbonyl (C=O) groups is 4. The summed E-state index contributed by atoms with van der Waals surface area (Å²) in [5.74, 6) is -0.382. The number of benzene rings is 4. The van der Waals surface area contributed by atoms with Gasteiger partial charge in [0.05, 0.1) is 0 Å². The minimum Gasteiger partial charge on any atom is -0.449 e. The maximum Gasteiger partial charge on any atom is 0.407 e. The number of amides is 4. The molecule has 4 amide bonds. The first-order valence-corrected chi connectivity index (χ1v) is 20.0. The fourth-order valence-corrected chi connectivity index (χ4v) is 9.41. The van der Waals surface area contributed by atoms with Crippen molar-refractivity contribution in [3.8, 4) is 22.3 Å². The number of ether oxygens (including phenoxy) is 2. The highest BCUT2D eigenvalue weighted by molar-refractivity contribution is 8.76. The number of hydrogen-bond donors (Lipinski definition) is 4. The van der Waals surface area contributed by atoms with Crippen LogP contribution in [-0.2, 0) is 19.1 Å². The molecule has 4 aromatic rings. The van der Waals surface area contributed by atoms with Gasteiger partial charge in [-0.3, -0.25) is 9.59 Å². The molecule has 52 heavy (non-hydrogen) atoms. The molecule has 7 rings (SSSR count). The lowest BCUT2D eigenvalue weighted by molar-refractivity contribution is -0.123. The van der Waals surface area contributed by atoms with E-state index in [0.717, 1.165) is 44.5 Å². The van der Waals surface area contributed by atoms with Gasteiger partial charge in [-0.2, -0.15) is 0 Å². The van der Waals surface area contributed by atoms with Gasteiger partial charge in [-0.1, -0.05) is 119 Å². The van der Waals surface area contributed by atoms with Gasteiger partial charge in [0.25, 0.3) is 0 Å². The van der Waals surface area contributed by atoms with Crippen LogP contribution in [-0.4, -0.2) is 73.9 Å². The standard InChI is InChI=1S/C40H40N4O6S2/c45-37-35(43-39(47)49-21-33-29-15-5-1-11-25(29)26-12-2-6-16-30(26)33)23-51-52-24-36(38(46)42-20-10-9-19-41-37)44-40(48)50-22-34-31-17-7-3-13-27(31)28-14-4-8-18-32(28)34/h1-8,11-18,33-36H,9-10,19-24H2,(H,41,45)(H,42,46)(H,43,47)(H,44,48)/t35-,36?/m0/s1. The number of nitrogens with one attached hydrogen (secondary N) is 4. The molecular formula is C40H40N4O6S2. The van der Waals surface area contributed by atoms with E-state index in [1.807, 2.05) is 48.5 Å². The predicted octanol–water partition coefficient (Wildman–Crippen LogP) is 6.21. The van der Waals surface area contributed by atoms with Gasteiger partial charge in [0, 0.05) is 36.4 Å². The number of rotatable bonds is 6. The van der Waals surface area contributed by atoms with Crippen molar-refractivity contribution in [2.45, 2.75) is 36.8 Å². The third-order valence-electron chi connectivity index (χ3n) is 9.66. The molecule has 0 saturated carbocycles. The van der Waals surface area contributed by atoms with Gasteiger partial charge in [-0.05, 0) is 57.3 Å². The van der Waals surface area contributed by atoms with Gasteiger partial charge < -0.3 is 30.7 Å². The number of hydrogen-bond acceptors (Lipinski definition) is 8. The lowest BCUT2D eigenvalue weighted by Gasteiger charge is -2.22. The van der Waals surface area contributed by atoms with Gasteiger partial charge in [0.15, 0.2) is 0 Å². The molecule has 3 aliphatic rings. The van der Waals surface area contributed by atoms with Crippen LogP contribution in [0.25, 0.3) is 22.3 Å². The number of carbonyl (C=O) groups excluding carboxylic acids is 4. The Morgan fingerprint density at radius 3 is 1.23 bits per heavy atom. The molecule has 1 saturated heterocycles. The Balaban J connectivity index is 0.936. The summed E-state index contributed by atoms with van der Waals surface area (Å²) in [6, 6.07) is 30.7. The normalized spacial score (nSPS) is 19.1. The molecule has 4 aromatic carbocycles. The summed E-state index contributed by atoms with van der Waals surface area (Å²) < 4.78 is 11.4. The van der Waals surface area contributed by atoms with Crippen molar-refractivity contribution in [1.82, 2.24) is 21.3 Å². The molecule has 1 aliphatic heterocycles. The van der Waals surface area contributed by atoms with Crippen molar-refractivity contribution < 1.29 is 28.7 Å². The zero-order chi connectivity index (χ0) is 35.9. The van der Waals surface area contributed by atoms with E-state index in [1.165, 1.54) is 21.6 Å². The van der Waals surface area contributed by atoms with Crippen LogP contribution >= 0.6 is 21.6 Å². The molecule has 268 valence electrons. The van der Waals surface area contributed by atoms with E-state index in [2.05, 4.69) is 69.8 Å². The van der Waals surface area contributed by atoms with Crippen molar-refractivity contribution in [3.05, 3.63) is 119 Å². The third kappa shape index (κ3) is 7.93. The monoisotopic (exact) mass is 736 g/mol. The third-order valence-corrected chi connectivity index (χ3v) is 12.1. The minimum absolute atomic E-state index is 0.104. The summed E-state index contributed by atoms with van der Waals surface area (Å²) in [5, 5.41) is 11.3. The van der Waals surface area contributed by atoms with E-state index in [-0.39, 0.29) is 48.4 Å². The zero-order valence-corrected chi connectivity index (χ0v) is 30.1. The first kappa shape index (κ1) is 35.5. The summed E-state index contributed by atoms with van der Waals surface area (Å²) in [6.45, 7) is 1.04. The van der Waals surface area contributed by atoms with Crippen LogP contribution in [0.4, 0.5) is 9.59 Å². The van der Waals surface area contributed by atoms with Crippen molar-refractivity contribution in [2.75, 3.05) is 37.8 Å². The maximum absolute atomic E-state index is 13.2. The number of fused-ring (bicyclic) bond motifs is 6. The van der Waals surface area contributed by atoms with Crippen LogP contribution in [0.5, 0.6) is 0 Å². The second-order valence-electron chi connectivity index (χ2n) is 12.9. The molecule has 0 radical (unpaired) electrons. The Morgan fingerprint density at radius 2 is 0.885 bits per heavy atom. The van der Waals surface area contributed by atoms with E-state index < -0.39 is 24.3 Å². The SMILES string of the molecule is O=C(NC1CSSC[C@H](NC(=O)OCC2c3ccccc3-c3ccccc32)C(=O)NCCCCNC1=O)OCC1c2ccccc2-c2ccccc21. The lowest BCUT2D eigenvalue weighted by atomic mass is 9.98. The molecule has 0 bridgehead atoms. The van der Waals surface area contributed by atoms with Crippen LogP contribution in [0.2, 0.25) is 0 Å². The highest BCUT2D eigenvalue weighted by Gasteiger charge is 2.32. The van der Waals surface area contributed by atoms with Crippen molar-refractivity contribution in [2.24, 2.45) is 0 Å². The first-order valence-electron chi connectivity index (χ1n) is 17.5. The lowest BCUT2D eigenvalue weighted by Crippen LogP contribution is -2.50. The molecule has 0 spiro atoms. The van der Waals surface area contributed by atoms with Crippen LogP contribution in [0, 0.1) is 0 Å². The van der Waals surface area contributed by atoms with Gasteiger partial charge in [-0.25, -0.2) is 9.59 Å². The Labute approximate surface area is 310 Å². The summed E-state index contributed by atoms with van der Waals surface area (Å²) in [4.78, 5) is 52.5. The maximum atomic E-state index is 13.2. The molecule has 4 N–H and O–H groups in total. The second-order valence-corrected chi connectivity index (χ2v) is 15.5. The summed E-state index contributed by atoms with van der Waals surface area (Å²) in [7, 11) is 2.65. The van der Waals surface area contributed by atoms with Gasteiger partial charge in [-0.15, -0.1) is 0 Å². The summed E-state index contributed by atoms with van der Waals surface area (Å²) in [6.07, 6.45) is -0.114. The Kier molecular flexibility index (Phi) is 11.3. The van der Waals surface area contributed by atoms with Crippen molar-refractivity contribution >= 4 is 45.6 Å². The van der Waals surface area contributed by atoms with Gasteiger partial charge in [0.1, 0.15) is 25.3 Å². The van der Waals surface area contributed by atoms with Crippen LogP contribution in [0.3, 0.4) is 0 Å². The van der Waals surface area contributed by atoms with Crippen LogP contribution < -0.4 is 21.3 Å². The molecule has 1 fully saturated rings. The highest BCUT2D eigenvalue weighted by atomic mass is 33.1. The van der Waals surface area contributed by atoms with Gasteiger partial charge in [0.2, 0.25) is 11.8 Å². The minimum atomic E-state index is -0.863. The molecule has 2 atom stereocenters. The zero-order valence-electron chi connectivity index (χ0n) is 28.5. The smallest absolute Gasteiger partial charge is 0.407 e. The molecule has 10 nitrogen and oxygen atoms in total. The quantitative estimate of drug-likeness (QED) is 0.172. The van der Waals surface area contributed by atoms with E-state index in [1.54, 1.807) is 0 Å². The van der Waals surface area contributed by atoms with Crippen molar-refractivity contribution in [3.63, 3.8) is 0 Å². The fraction of sp³-hybridized carbons (Fsp3) is 0.300. The Hall–Kier alpha value is -4.94. The van der Waals surface area contributed by atoms with E-state index >= 15 is 0 Å². The molecule has 0 aromatic heterocycles. The molecule has 1 unspecified atom stereocenters. The fourth-order valence-electron chi connectivity index (χ4n) is 7.08. The molecular weight excluding hydrogens is 697 g/mol.